The van der Waals surface area contributed by atoms with Crippen molar-refractivity contribution >= 4 is 34.0 Å². The molecular formula is C56H48N2O10. The minimum absolute atomic E-state index is 0.377. The molecule has 342 valence electrons. The summed E-state index contributed by atoms with van der Waals surface area (Å²) < 4.78 is 0. The topological polar surface area (TPSA) is 209 Å². The number of aliphatic hydroxyl groups excluding tert-OH is 5. The van der Waals surface area contributed by atoms with Crippen LogP contribution in [0.4, 0.5) is 28.4 Å². The number of benzene rings is 7. The molecule has 0 bridgehead atoms. The fraction of sp³-hybridized carbons (Fsp3) is 0.0357. The molecule has 0 amide bonds. The second-order valence-corrected chi connectivity index (χ2v) is 15.4. The van der Waals surface area contributed by atoms with Crippen LogP contribution in [0.15, 0.2) is 218 Å². The van der Waals surface area contributed by atoms with Gasteiger partial charge in [0.25, 0.3) is 0 Å². The zero-order valence-electron chi connectivity index (χ0n) is 36.7. The molecule has 0 fully saturated rings. The van der Waals surface area contributed by atoms with Gasteiger partial charge in [0.1, 0.15) is 18.0 Å². The zero-order chi connectivity index (χ0) is 48.6. The number of anilines is 5. The molecule has 0 unspecified atom stereocenters. The summed E-state index contributed by atoms with van der Waals surface area (Å²) in [5.74, 6) is -8.23. The van der Waals surface area contributed by atoms with E-state index in [1.807, 2.05) is 128 Å². The van der Waals surface area contributed by atoms with Gasteiger partial charge in [-0.05, 0) is 106 Å². The third-order valence-corrected chi connectivity index (χ3v) is 11.1. The third kappa shape index (κ3) is 9.43. The van der Waals surface area contributed by atoms with E-state index in [1.54, 1.807) is 54.6 Å². The van der Waals surface area contributed by atoms with E-state index < -0.39 is 64.1 Å². The maximum absolute atomic E-state index is 11.2. The van der Waals surface area contributed by atoms with Crippen molar-refractivity contribution in [3.05, 3.63) is 223 Å². The van der Waals surface area contributed by atoms with E-state index >= 15 is 0 Å². The summed E-state index contributed by atoms with van der Waals surface area (Å²) in [6.45, 7) is 8.15. The molecular weight excluding hydrogens is 861 g/mol. The Morgan fingerprint density at radius 3 is 1.40 bits per heavy atom. The van der Waals surface area contributed by atoms with Gasteiger partial charge in [0, 0.05) is 22.7 Å². The molecule has 68 heavy (non-hydrogen) atoms. The highest BCUT2D eigenvalue weighted by Crippen LogP contribution is 2.58. The van der Waals surface area contributed by atoms with Crippen LogP contribution in [-0.4, -0.2) is 57.7 Å². The summed E-state index contributed by atoms with van der Waals surface area (Å²) in [7, 11) is 0. The maximum Gasteiger partial charge on any atom is 0.208 e. The minimum Gasteiger partial charge on any atom is -0.506 e. The van der Waals surface area contributed by atoms with E-state index in [4.69, 9.17) is 0 Å². The first kappa shape index (κ1) is 46.7. The fourth-order valence-electron chi connectivity index (χ4n) is 7.65. The molecule has 0 saturated carbocycles. The highest BCUT2D eigenvalue weighted by molar-refractivity contribution is 5.91. The lowest BCUT2D eigenvalue weighted by atomic mass is 9.98. The van der Waals surface area contributed by atoms with E-state index in [2.05, 4.69) is 13.2 Å². The number of aliphatic hydroxyl groups is 5. The fourth-order valence-corrected chi connectivity index (χ4v) is 7.65. The van der Waals surface area contributed by atoms with Gasteiger partial charge in [0.2, 0.25) is 17.2 Å². The van der Waals surface area contributed by atoms with Crippen LogP contribution in [0.1, 0.15) is 12.5 Å². The predicted molar refractivity (Wildman–Crippen MR) is 268 cm³/mol. The van der Waals surface area contributed by atoms with E-state index in [1.165, 1.54) is 9.80 Å². The Morgan fingerprint density at radius 2 is 0.941 bits per heavy atom. The Hall–Kier alpha value is -9.26. The monoisotopic (exact) mass is 908 g/mol. The molecule has 0 aliphatic heterocycles. The van der Waals surface area contributed by atoms with Crippen molar-refractivity contribution in [1.29, 1.82) is 0 Å². The van der Waals surface area contributed by atoms with Crippen molar-refractivity contribution in [1.82, 2.24) is 0 Å². The molecule has 7 aromatic rings. The van der Waals surface area contributed by atoms with E-state index in [0.717, 1.165) is 44.5 Å². The SMILES string of the molecule is C=C/C=C(\C=C/C)c1ccc(N(c2ccc(-c3cccc(-c4ccc(N(C(=C(\O)C(=C)O)/C(O)=C(/O)CO)c5ccc(-c6ccccc6)cc5)cc4)c3)cc2)c2c(O)c(O)c(O)c(O)c2O)cc1. The summed E-state index contributed by atoms with van der Waals surface area (Å²) in [5, 5.41) is 106. The second-order valence-electron chi connectivity index (χ2n) is 15.4. The lowest BCUT2D eigenvalue weighted by molar-refractivity contribution is 0.228. The summed E-state index contributed by atoms with van der Waals surface area (Å²) in [4.78, 5) is 2.84. The van der Waals surface area contributed by atoms with Crippen LogP contribution < -0.4 is 9.80 Å². The first-order valence-electron chi connectivity index (χ1n) is 21.1. The van der Waals surface area contributed by atoms with Crippen LogP contribution in [-0.2, 0) is 0 Å². The highest BCUT2D eigenvalue weighted by atomic mass is 16.4. The van der Waals surface area contributed by atoms with Crippen molar-refractivity contribution < 1.29 is 51.1 Å². The molecule has 12 nitrogen and oxygen atoms in total. The van der Waals surface area contributed by atoms with Gasteiger partial charge in [0.05, 0.1) is 0 Å². The van der Waals surface area contributed by atoms with Gasteiger partial charge in [-0.15, -0.1) is 0 Å². The van der Waals surface area contributed by atoms with Crippen LogP contribution >= 0.6 is 0 Å². The van der Waals surface area contributed by atoms with Crippen molar-refractivity contribution in [2.45, 2.75) is 6.92 Å². The maximum atomic E-state index is 11.2. The molecule has 7 aromatic carbocycles. The number of nitrogens with zero attached hydrogens (tertiary/aromatic N) is 2. The highest BCUT2D eigenvalue weighted by Gasteiger charge is 2.30. The van der Waals surface area contributed by atoms with Gasteiger partial charge >= 0.3 is 0 Å². The normalized spacial score (nSPS) is 12.3. The van der Waals surface area contributed by atoms with Gasteiger partial charge in [-0.25, -0.2) is 0 Å². The van der Waals surface area contributed by atoms with Gasteiger partial charge in [0.15, 0.2) is 34.5 Å². The lowest BCUT2D eigenvalue weighted by Crippen LogP contribution is -2.22. The van der Waals surface area contributed by atoms with Gasteiger partial charge < -0.3 is 60.9 Å². The molecule has 0 heterocycles. The average molecular weight is 909 g/mol. The molecule has 0 saturated heterocycles. The average Bonchev–Trinajstić information content (AvgIpc) is 3.38. The molecule has 0 aliphatic rings. The summed E-state index contributed by atoms with van der Waals surface area (Å²) in [6.07, 6.45) is 7.33. The molecule has 7 rings (SSSR count). The molecule has 0 radical (unpaired) electrons. The van der Waals surface area contributed by atoms with Gasteiger partial charge in [-0.3, -0.25) is 0 Å². The summed E-state index contributed by atoms with van der Waals surface area (Å²) in [5.41, 5.74) is 7.59. The summed E-state index contributed by atoms with van der Waals surface area (Å²) in [6, 6.07) is 45.8. The number of rotatable bonds is 15. The largest absolute Gasteiger partial charge is 0.506 e. The number of aromatic hydroxyl groups is 5. The first-order valence-corrected chi connectivity index (χ1v) is 21.1. The minimum atomic E-state index is -1.08. The molecule has 10 N–H and O–H groups in total. The zero-order valence-corrected chi connectivity index (χ0v) is 36.7. The van der Waals surface area contributed by atoms with Crippen LogP contribution in [0.5, 0.6) is 28.7 Å². The van der Waals surface area contributed by atoms with E-state index in [0.29, 0.717) is 22.7 Å². The number of phenols is 5. The Balaban J connectivity index is 1.26. The van der Waals surface area contributed by atoms with Crippen molar-refractivity contribution in [3.8, 4) is 62.1 Å². The quantitative estimate of drug-likeness (QED) is 0.0202. The molecule has 12 heteroatoms. The number of hydrogen-bond donors (Lipinski definition) is 10. The Bertz CT molecular complexity index is 3070. The lowest BCUT2D eigenvalue weighted by Gasteiger charge is -2.29. The molecule has 0 aromatic heterocycles. The molecule has 0 spiro atoms. The number of hydrogen-bond acceptors (Lipinski definition) is 12. The molecule has 0 atom stereocenters. The van der Waals surface area contributed by atoms with E-state index in [9.17, 15) is 51.1 Å². The smallest absolute Gasteiger partial charge is 0.208 e. The summed E-state index contributed by atoms with van der Waals surface area (Å²) >= 11 is 0. The Kier molecular flexibility index (Phi) is 13.9. The van der Waals surface area contributed by atoms with Crippen molar-refractivity contribution in [2.75, 3.05) is 16.4 Å². The van der Waals surface area contributed by atoms with Gasteiger partial charge in [-0.1, -0.05) is 135 Å². The first-order chi connectivity index (χ1) is 32.8. The van der Waals surface area contributed by atoms with E-state index in [-0.39, 0.29) is 5.69 Å². The second kappa shape index (κ2) is 20.3. The predicted octanol–water partition coefficient (Wildman–Crippen LogP) is 13.1. The van der Waals surface area contributed by atoms with Crippen molar-refractivity contribution in [3.63, 3.8) is 0 Å². The van der Waals surface area contributed by atoms with Crippen LogP contribution in [0, 0.1) is 0 Å². The number of phenolic OH excluding ortho intramolecular Hbond substituents is 5. The standard InChI is InChI=1S/C56H48N2O10/c1-4-10-35(11-5-2)37-16-24-45(25-17-37)58(49-52(64)54(66)56(68)55(67)53(49)65)46-30-22-40(23-31-46)42-15-9-14-41(32-42)39-20-28-44(29-21-39)57(48(50(62)34(3)60)51(63)47(61)33-59)43-26-18-38(19-27-43)36-12-7-6-8-13-36/h4-32,59-68H,1,3,33H2,2H3/b11-5-,35-10+,50-48-,51-47-. The van der Waals surface area contributed by atoms with Crippen LogP contribution in [0.25, 0.3) is 39.0 Å². The third-order valence-electron chi connectivity index (χ3n) is 11.1. The van der Waals surface area contributed by atoms with Crippen LogP contribution in [0.2, 0.25) is 0 Å². The van der Waals surface area contributed by atoms with Crippen LogP contribution in [0.3, 0.4) is 0 Å². The van der Waals surface area contributed by atoms with Gasteiger partial charge in [-0.2, -0.15) is 0 Å². The Morgan fingerprint density at radius 1 is 0.515 bits per heavy atom. The van der Waals surface area contributed by atoms with Crippen molar-refractivity contribution in [2.24, 2.45) is 0 Å². The Labute approximate surface area is 392 Å². The molecule has 0 aliphatic carbocycles. The number of allylic oxidation sites excluding steroid dienone is 5.